The molecule has 64 heavy (non-hydrogen) atoms. The van der Waals surface area contributed by atoms with Crippen molar-refractivity contribution in [2.45, 2.75) is 40.5 Å². The van der Waals surface area contributed by atoms with Gasteiger partial charge in [-0.05, 0) is 89.1 Å². The highest BCUT2D eigenvalue weighted by Crippen LogP contribution is 2.23. The van der Waals surface area contributed by atoms with Crippen molar-refractivity contribution in [1.82, 2.24) is 0 Å². The van der Waals surface area contributed by atoms with E-state index in [0.29, 0.717) is 0 Å². The summed E-state index contributed by atoms with van der Waals surface area (Å²) in [5.41, 5.74) is 3.21. The summed E-state index contributed by atoms with van der Waals surface area (Å²) in [4.78, 5) is 136. The minimum Gasteiger partial charge on any atom is -0.432 e. The van der Waals surface area contributed by atoms with E-state index < -0.39 is 86.8 Å². The van der Waals surface area contributed by atoms with E-state index in [1.165, 1.54) is 48.5 Å². The van der Waals surface area contributed by atoms with Crippen LogP contribution in [0.2, 0.25) is 0 Å². The van der Waals surface area contributed by atoms with Crippen molar-refractivity contribution in [2.75, 3.05) is 26.4 Å². The number of aryl methyl sites for hydroxylation is 4. The zero-order chi connectivity index (χ0) is 46.4. The Labute approximate surface area is 364 Å². The number of hydrogen-bond acceptors (Lipinski definition) is 20. The third-order valence-corrected chi connectivity index (χ3v) is 8.67. The van der Waals surface area contributed by atoms with E-state index in [2.05, 4.69) is 39.1 Å². The molecule has 0 aliphatic carbocycles. The van der Waals surface area contributed by atoms with E-state index in [1.54, 1.807) is 76.2 Å². The highest BCUT2D eigenvalue weighted by Gasteiger charge is 2.28. The fraction of sp³-hybridized carbons (Fsp3) is 0.273. The smallest absolute Gasteiger partial charge is 0.432 e. The molecule has 20 nitrogen and oxygen atoms in total. The maximum atomic E-state index is 12.6. The molecule has 20 heteroatoms. The summed E-state index contributed by atoms with van der Waals surface area (Å²) in [5.74, 6) is -6.05. The lowest BCUT2D eigenvalue weighted by atomic mass is 9.88. The molecule has 0 spiro atoms. The first-order chi connectivity index (χ1) is 30.7. The van der Waals surface area contributed by atoms with E-state index >= 15 is 0 Å². The van der Waals surface area contributed by atoms with Crippen LogP contribution in [0.25, 0.3) is 0 Å². The average molecular weight is 891 g/mol. The van der Waals surface area contributed by atoms with Gasteiger partial charge in [-0.1, -0.05) is 70.8 Å². The van der Waals surface area contributed by atoms with Crippen molar-refractivity contribution in [2.24, 2.45) is 11.8 Å². The lowest BCUT2D eigenvalue weighted by molar-refractivity contribution is -0.208. The molecule has 0 fully saturated rings. The Kier molecular flexibility index (Phi) is 18.9. The lowest BCUT2D eigenvalue weighted by Gasteiger charge is -2.25. The van der Waals surface area contributed by atoms with Crippen LogP contribution in [0.1, 0.15) is 76.5 Å². The van der Waals surface area contributed by atoms with Gasteiger partial charge in [-0.3, -0.25) is 0 Å². The first-order valence-electron chi connectivity index (χ1n) is 19.2. The Morgan fingerprint density at radius 1 is 0.359 bits per heavy atom. The minimum absolute atomic E-state index is 0.0661. The zero-order valence-corrected chi connectivity index (χ0v) is 34.8. The van der Waals surface area contributed by atoms with Crippen molar-refractivity contribution in [3.63, 3.8) is 0 Å². The Morgan fingerprint density at radius 3 is 0.859 bits per heavy atom. The molecule has 0 aliphatic heterocycles. The standard InChI is InChI=1S/C44H42O20/c1-27-9-5-13-31(21-27)37(45)57-61-41(49)53-19-17-35(25-55-43(51)63-59-39(47)33-15-7-11-29(3)23-33)36(26-56-44(52)64-60-40(48)34-16-8-12-30(4)24-34)18-20-54-42(50)62-58-38(46)32-14-6-10-28(2)22-32/h5-16,21-24,35-36H,17-20,25-26H2,1-4H3. The molecule has 4 aromatic carbocycles. The summed E-state index contributed by atoms with van der Waals surface area (Å²) in [7, 11) is 0. The van der Waals surface area contributed by atoms with Crippen LogP contribution in [0.5, 0.6) is 0 Å². The normalized spacial score (nSPS) is 11.2. The summed E-state index contributed by atoms with van der Waals surface area (Å²) in [6, 6.07) is 24.9. The molecule has 2 unspecified atom stereocenters. The van der Waals surface area contributed by atoms with E-state index in [4.69, 9.17) is 18.9 Å². The van der Waals surface area contributed by atoms with Gasteiger partial charge in [0, 0.05) is 11.8 Å². The van der Waals surface area contributed by atoms with Gasteiger partial charge in [0.1, 0.15) is 0 Å². The summed E-state index contributed by atoms with van der Waals surface area (Å²) in [6.45, 7) is 4.64. The molecule has 0 saturated heterocycles. The Hall–Kier alpha value is -8.16. The van der Waals surface area contributed by atoms with Crippen LogP contribution >= 0.6 is 0 Å². The zero-order valence-electron chi connectivity index (χ0n) is 34.8. The van der Waals surface area contributed by atoms with Gasteiger partial charge in [0.15, 0.2) is 0 Å². The van der Waals surface area contributed by atoms with E-state index in [1.807, 2.05) is 0 Å². The molecular formula is C44H42O20. The number of carbonyl (C=O) groups excluding carboxylic acids is 8. The third-order valence-electron chi connectivity index (χ3n) is 8.67. The molecule has 0 bridgehead atoms. The third kappa shape index (κ3) is 17.1. The molecule has 0 amide bonds. The second-order valence-corrected chi connectivity index (χ2v) is 13.7. The van der Waals surface area contributed by atoms with Gasteiger partial charge in [0.05, 0.1) is 48.7 Å². The maximum absolute atomic E-state index is 12.6. The SMILES string of the molecule is Cc1cccc(C(=O)OOC(=O)OCCC(COC(=O)OOC(=O)c2cccc(C)c2)C(CCOC(=O)OOC(=O)c2cccc(C)c2)COC(=O)OOC(=O)c2cccc(C)c2)c1. The average Bonchev–Trinajstić information content (AvgIpc) is 3.28. The molecule has 0 aliphatic rings. The largest absolute Gasteiger partial charge is 0.549 e. The maximum Gasteiger partial charge on any atom is 0.549 e. The van der Waals surface area contributed by atoms with Crippen LogP contribution in [-0.2, 0) is 58.0 Å². The van der Waals surface area contributed by atoms with Crippen LogP contribution < -0.4 is 0 Å². The first kappa shape index (κ1) is 48.5. The summed E-state index contributed by atoms with van der Waals surface area (Å²) >= 11 is 0. The van der Waals surface area contributed by atoms with Gasteiger partial charge in [-0.2, -0.15) is 19.2 Å². The highest BCUT2D eigenvalue weighted by atomic mass is 17.3. The van der Waals surface area contributed by atoms with Crippen LogP contribution in [0.15, 0.2) is 97.1 Å². The fourth-order valence-corrected chi connectivity index (χ4v) is 5.51. The van der Waals surface area contributed by atoms with E-state index in [0.717, 1.165) is 22.3 Å². The molecule has 4 rings (SSSR count). The molecule has 4 aromatic rings. The summed E-state index contributed by atoms with van der Waals surface area (Å²) in [6.07, 6.45) is -6.34. The quantitative estimate of drug-likeness (QED) is 0.0475. The molecule has 2 atom stereocenters. The number of ether oxygens (including phenoxy) is 4. The van der Waals surface area contributed by atoms with E-state index in [-0.39, 0.29) is 35.1 Å². The number of benzene rings is 4. The molecule has 338 valence electrons. The van der Waals surface area contributed by atoms with Crippen LogP contribution in [-0.4, -0.2) is 74.9 Å². The van der Waals surface area contributed by atoms with Crippen molar-refractivity contribution < 1.29 is 96.4 Å². The first-order valence-corrected chi connectivity index (χ1v) is 19.2. The highest BCUT2D eigenvalue weighted by molar-refractivity contribution is 5.91. The summed E-state index contributed by atoms with van der Waals surface area (Å²) in [5, 5.41) is 0. The van der Waals surface area contributed by atoms with Gasteiger partial charge in [0.25, 0.3) is 0 Å². The molecule has 0 N–H and O–H groups in total. The van der Waals surface area contributed by atoms with Crippen LogP contribution in [0.4, 0.5) is 19.2 Å². The van der Waals surface area contributed by atoms with Gasteiger partial charge < -0.3 is 18.9 Å². The monoisotopic (exact) mass is 890 g/mol. The van der Waals surface area contributed by atoms with Gasteiger partial charge in [-0.15, -0.1) is 0 Å². The van der Waals surface area contributed by atoms with Crippen molar-refractivity contribution >= 4 is 48.5 Å². The molecule has 0 radical (unpaired) electrons. The van der Waals surface area contributed by atoms with Gasteiger partial charge in [-0.25, -0.2) is 58.3 Å². The Balaban J connectivity index is 1.42. The lowest BCUT2D eigenvalue weighted by Crippen LogP contribution is -2.30. The van der Waals surface area contributed by atoms with Gasteiger partial charge >= 0.3 is 48.5 Å². The molecule has 0 heterocycles. The molecule has 0 aromatic heterocycles. The predicted molar refractivity (Wildman–Crippen MR) is 212 cm³/mol. The second-order valence-electron chi connectivity index (χ2n) is 13.7. The van der Waals surface area contributed by atoms with E-state index in [9.17, 15) is 38.4 Å². The van der Waals surface area contributed by atoms with Gasteiger partial charge in [0.2, 0.25) is 0 Å². The number of carbonyl (C=O) groups is 8. The van der Waals surface area contributed by atoms with Crippen molar-refractivity contribution in [3.8, 4) is 0 Å². The number of rotatable bonds is 15. The molecular weight excluding hydrogens is 848 g/mol. The molecule has 0 saturated carbocycles. The predicted octanol–water partition coefficient (Wildman–Crippen LogP) is 7.93. The minimum atomic E-state index is -1.49. The topological polar surface area (TPSA) is 247 Å². The Bertz CT molecular complexity index is 2130. The van der Waals surface area contributed by atoms with Crippen LogP contribution in [0.3, 0.4) is 0 Å². The van der Waals surface area contributed by atoms with Crippen molar-refractivity contribution in [3.05, 3.63) is 142 Å². The fourth-order valence-electron chi connectivity index (χ4n) is 5.51. The van der Waals surface area contributed by atoms with Crippen LogP contribution in [0, 0.1) is 39.5 Å². The summed E-state index contributed by atoms with van der Waals surface area (Å²) < 4.78 is 20.4. The second kappa shape index (κ2) is 24.9. The number of hydrogen-bond donors (Lipinski definition) is 0. The Morgan fingerprint density at radius 2 is 0.609 bits per heavy atom. The van der Waals surface area contributed by atoms with Crippen molar-refractivity contribution in [1.29, 1.82) is 0 Å².